The molecule has 1 aliphatic carbocycles. The molecule has 0 radical (unpaired) electrons. The summed E-state index contributed by atoms with van der Waals surface area (Å²) in [5.41, 5.74) is 5.95. The van der Waals surface area contributed by atoms with Crippen LogP contribution in [0.5, 0.6) is 0 Å². The zero-order valence-electron chi connectivity index (χ0n) is 9.66. The number of methoxy groups -OCH3 is 1. The van der Waals surface area contributed by atoms with Crippen molar-refractivity contribution in [2.24, 2.45) is 17.6 Å². The summed E-state index contributed by atoms with van der Waals surface area (Å²) in [5, 5.41) is 2.86. The third kappa shape index (κ3) is 3.80. The fraction of sp³-hybridized carbons (Fsp3) is 0.909. The van der Waals surface area contributed by atoms with Crippen LogP contribution in [0.3, 0.4) is 0 Å². The molecule has 3 atom stereocenters. The van der Waals surface area contributed by atoms with E-state index in [0.717, 1.165) is 19.3 Å². The van der Waals surface area contributed by atoms with Gasteiger partial charge in [-0.1, -0.05) is 6.92 Å². The molecule has 1 amide bonds. The van der Waals surface area contributed by atoms with E-state index in [0.29, 0.717) is 19.1 Å². The van der Waals surface area contributed by atoms with Gasteiger partial charge in [-0.3, -0.25) is 4.79 Å². The van der Waals surface area contributed by atoms with Crippen molar-refractivity contribution < 1.29 is 9.53 Å². The van der Waals surface area contributed by atoms with E-state index < -0.39 is 0 Å². The Labute approximate surface area is 91.5 Å². The number of amides is 1. The molecule has 15 heavy (non-hydrogen) atoms. The van der Waals surface area contributed by atoms with Gasteiger partial charge in [0.1, 0.15) is 0 Å². The Bertz CT molecular complexity index is 209. The predicted molar refractivity (Wildman–Crippen MR) is 59.4 cm³/mol. The number of carbonyl (C=O) groups excluding carboxylic acids is 1. The molecule has 1 fully saturated rings. The van der Waals surface area contributed by atoms with Crippen LogP contribution in [0.15, 0.2) is 0 Å². The van der Waals surface area contributed by atoms with Gasteiger partial charge in [-0.2, -0.15) is 0 Å². The molecular formula is C11H22N2O2. The lowest BCUT2D eigenvalue weighted by molar-refractivity contribution is -0.127. The van der Waals surface area contributed by atoms with Crippen molar-refractivity contribution in [1.82, 2.24) is 5.32 Å². The van der Waals surface area contributed by atoms with Crippen molar-refractivity contribution in [3.8, 4) is 0 Å². The number of rotatable bonds is 4. The molecule has 1 saturated carbocycles. The van der Waals surface area contributed by atoms with Crippen molar-refractivity contribution in [3.63, 3.8) is 0 Å². The third-order valence-electron chi connectivity index (χ3n) is 3.11. The van der Waals surface area contributed by atoms with Gasteiger partial charge in [0.2, 0.25) is 5.91 Å². The highest BCUT2D eigenvalue weighted by Gasteiger charge is 2.31. The van der Waals surface area contributed by atoms with E-state index in [2.05, 4.69) is 12.2 Å². The number of nitrogens with two attached hydrogens (primary N) is 1. The summed E-state index contributed by atoms with van der Waals surface area (Å²) in [5.74, 6) is 0.694. The molecule has 1 aliphatic rings. The van der Waals surface area contributed by atoms with Crippen LogP contribution < -0.4 is 11.1 Å². The minimum absolute atomic E-state index is 0.00870. The minimum Gasteiger partial charge on any atom is -0.383 e. The average Bonchev–Trinajstić information content (AvgIpc) is 2.22. The van der Waals surface area contributed by atoms with Crippen LogP contribution in [-0.4, -0.2) is 32.2 Å². The van der Waals surface area contributed by atoms with E-state index in [1.165, 1.54) is 0 Å². The Morgan fingerprint density at radius 1 is 1.53 bits per heavy atom. The first-order valence-corrected chi connectivity index (χ1v) is 5.67. The van der Waals surface area contributed by atoms with Crippen molar-refractivity contribution in [2.75, 3.05) is 20.3 Å². The molecule has 4 nitrogen and oxygen atoms in total. The van der Waals surface area contributed by atoms with E-state index in [4.69, 9.17) is 10.5 Å². The van der Waals surface area contributed by atoms with Crippen molar-refractivity contribution in [3.05, 3.63) is 0 Å². The van der Waals surface area contributed by atoms with Crippen LogP contribution in [-0.2, 0) is 9.53 Å². The van der Waals surface area contributed by atoms with Gasteiger partial charge in [0.15, 0.2) is 0 Å². The van der Waals surface area contributed by atoms with Gasteiger partial charge < -0.3 is 15.8 Å². The number of ether oxygens (including phenoxy) is 1. The first-order chi connectivity index (χ1) is 7.15. The second-order valence-corrected chi connectivity index (χ2v) is 4.47. The quantitative estimate of drug-likeness (QED) is 0.670. The highest BCUT2D eigenvalue weighted by Crippen LogP contribution is 2.27. The SMILES string of the molecule is COCCNC(=O)C1CC(C)CCC1N. The number of nitrogens with one attached hydrogen (secondary N) is 1. The van der Waals surface area contributed by atoms with Gasteiger partial charge in [0.05, 0.1) is 12.5 Å². The molecule has 3 unspecified atom stereocenters. The molecule has 3 N–H and O–H groups in total. The maximum absolute atomic E-state index is 11.8. The number of carbonyl (C=O) groups is 1. The lowest BCUT2D eigenvalue weighted by Gasteiger charge is -2.31. The highest BCUT2D eigenvalue weighted by atomic mass is 16.5. The molecule has 1 rings (SSSR count). The van der Waals surface area contributed by atoms with E-state index in [1.807, 2.05) is 0 Å². The molecule has 0 heterocycles. The van der Waals surface area contributed by atoms with E-state index >= 15 is 0 Å². The summed E-state index contributed by atoms with van der Waals surface area (Å²) in [4.78, 5) is 11.8. The maximum atomic E-state index is 11.8. The third-order valence-corrected chi connectivity index (χ3v) is 3.11. The van der Waals surface area contributed by atoms with Crippen LogP contribution in [0.25, 0.3) is 0 Å². The first kappa shape index (κ1) is 12.5. The summed E-state index contributed by atoms with van der Waals surface area (Å²) in [6.07, 6.45) is 3.02. The molecule has 88 valence electrons. The summed E-state index contributed by atoms with van der Waals surface area (Å²) in [6.45, 7) is 3.32. The summed E-state index contributed by atoms with van der Waals surface area (Å²) in [6, 6.07) is 0.0312. The first-order valence-electron chi connectivity index (χ1n) is 5.67. The van der Waals surface area contributed by atoms with E-state index in [-0.39, 0.29) is 17.9 Å². The number of hydrogen-bond donors (Lipinski definition) is 2. The van der Waals surface area contributed by atoms with Crippen LogP contribution in [0.2, 0.25) is 0 Å². The lowest BCUT2D eigenvalue weighted by Crippen LogP contribution is -2.45. The Morgan fingerprint density at radius 3 is 2.93 bits per heavy atom. The summed E-state index contributed by atoms with van der Waals surface area (Å²) in [7, 11) is 1.63. The molecule has 0 aliphatic heterocycles. The molecule has 0 aromatic rings. The fourth-order valence-corrected chi connectivity index (χ4v) is 2.11. The van der Waals surface area contributed by atoms with Crippen LogP contribution in [0.4, 0.5) is 0 Å². The molecular weight excluding hydrogens is 192 g/mol. The van der Waals surface area contributed by atoms with Gasteiger partial charge in [-0.05, 0) is 25.2 Å². The van der Waals surface area contributed by atoms with Gasteiger partial charge in [-0.15, -0.1) is 0 Å². The lowest BCUT2D eigenvalue weighted by atomic mass is 9.79. The normalized spacial score (nSPS) is 31.3. The van der Waals surface area contributed by atoms with E-state index in [1.54, 1.807) is 7.11 Å². The monoisotopic (exact) mass is 214 g/mol. The number of hydrogen-bond acceptors (Lipinski definition) is 3. The predicted octanol–water partition coefficient (Wildman–Crippen LogP) is 0.513. The van der Waals surface area contributed by atoms with Crippen LogP contribution >= 0.6 is 0 Å². The standard InChI is InChI=1S/C11H22N2O2/c1-8-3-4-10(12)9(7-8)11(14)13-5-6-15-2/h8-10H,3-7,12H2,1-2H3,(H,13,14). The van der Waals surface area contributed by atoms with Crippen LogP contribution in [0, 0.1) is 11.8 Å². The topological polar surface area (TPSA) is 64.3 Å². The van der Waals surface area contributed by atoms with Gasteiger partial charge in [-0.25, -0.2) is 0 Å². The minimum atomic E-state index is -0.00870. The molecule has 0 aromatic heterocycles. The van der Waals surface area contributed by atoms with Gasteiger partial charge in [0.25, 0.3) is 0 Å². The molecule has 0 bridgehead atoms. The second kappa shape index (κ2) is 6.08. The Hall–Kier alpha value is -0.610. The van der Waals surface area contributed by atoms with Crippen molar-refractivity contribution >= 4 is 5.91 Å². The zero-order chi connectivity index (χ0) is 11.3. The van der Waals surface area contributed by atoms with Crippen LogP contribution in [0.1, 0.15) is 26.2 Å². The summed E-state index contributed by atoms with van der Waals surface area (Å²) >= 11 is 0. The van der Waals surface area contributed by atoms with Gasteiger partial charge >= 0.3 is 0 Å². The molecule has 4 heteroatoms. The molecule has 0 spiro atoms. The Morgan fingerprint density at radius 2 is 2.27 bits per heavy atom. The van der Waals surface area contributed by atoms with Crippen molar-refractivity contribution in [2.45, 2.75) is 32.2 Å². The van der Waals surface area contributed by atoms with Crippen molar-refractivity contribution in [1.29, 1.82) is 0 Å². The highest BCUT2D eigenvalue weighted by molar-refractivity contribution is 5.79. The summed E-state index contributed by atoms with van der Waals surface area (Å²) < 4.78 is 4.88. The Balaban J connectivity index is 2.35. The average molecular weight is 214 g/mol. The van der Waals surface area contributed by atoms with Gasteiger partial charge in [0, 0.05) is 19.7 Å². The fourth-order valence-electron chi connectivity index (χ4n) is 2.11. The zero-order valence-corrected chi connectivity index (χ0v) is 9.66. The smallest absolute Gasteiger partial charge is 0.224 e. The largest absolute Gasteiger partial charge is 0.383 e. The molecule has 0 saturated heterocycles. The Kier molecular flexibility index (Phi) is 5.05. The van der Waals surface area contributed by atoms with E-state index in [9.17, 15) is 4.79 Å². The second-order valence-electron chi connectivity index (χ2n) is 4.47. The maximum Gasteiger partial charge on any atom is 0.224 e. The molecule has 0 aromatic carbocycles.